The molecule has 6 heteroatoms. The highest BCUT2D eigenvalue weighted by molar-refractivity contribution is 6.21. The Labute approximate surface area is 150 Å². The molecule has 6 nitrogen and oxygen atoms in total. The van der Waals surface area contributed by atoms with Crippen LogP contribution in [0.5, 0.6) is 0 Å². The van der Waals surface area contributed by atoms with E-state index in [4.69, 9.17) is 4.84 Å². The lowest BCUT2D eigenvalue weighted by Crippen LogP contribution is -2.32. The van der Waals surface area contributed by atoms with Crippen LogP contribution < -0.4 is 4.90 Å². The zero-order valence-corrected chi connectivity index (χ0v) is 14.2. The topological polar surface area (TPSA) is 66.9 Å². The van der Waals surface area contributed by atoms with Crippen LogP contribution in [0.3, 0.4) is 0 Å². The number of amides is 2. The van der Waals surface area contributed by atoms with Crippen molar-refractivity contribution in [2.24, 2.45) is 0 Å². The Hall–Kier alpha value is -3.15. The number of piperidine rings is 1. The van der Waals surface area contributed by atoms with Crippen molar-refractivity contribution in [2.45, 2.75) is 19.3 Å². The number of imide groups is 1. The second kappa shape index (κ2) is 6.63. The summed E-state index contributed by atoms with van der Waals surface area (Å²) in [4.78, 5) is 44.2. The van der Waals surface area contributed by atoms with Crippen LogP contribution in [-0.2, 0) is 4.84 Å². The molecule has 0 aliphatic carbocycles. The number of hydrogen-bond donors (Lipinski definition) is 0. The molecule has 0 bridgehead atoms. The van der Waals surface area contributed by atoms with Crippen molar-refractivity contribution in [3.05, 3.63) is 65.2 Å². The van der Waals surface area contributed by atoms with E-state index in [1.54, 1.807) is 24.3 Å². The Bertz CT molecular complexity index is 835. The molecule has 0 N–H and O–H groups in total. The van der Waals surface area contributed by atoms with Crippen molar-refractivity contribution in [1.82, 2.24) is 5.06 Å². The first kappa shape index (κ1) is 16.3. The molecule has 2 aliphatic heterocycles. The van der Waals surface area contributed by atoms with Crippen LogP contribution >= 0.6 is 0 Å². The van der Waals surface area contributed by atoms with Crippen molar-refractivity contribution >= 4 is 23.5 Å². The van der Waals surface area contributed by atoms with Gasteiger partial charge in [-0.15, -0.1) is 0 Å². The Morgan fingerprint density at radius 1 is 0.808 bits per heavy atom. The molecule has 0 atom stereocenters. The minimum absolute atomic E-state index is 0.241. The molecule has 132 valence electrons. The second-order valence-corrected chi connectivity index (χ2v) is 6.42. The van der Waals surface area contributed by atoms with Gasteiger partial charge in [0, 0.05) is 18.8 Å². The molecule has 2 aromatic rings. The fourth-order valence-electron chi connectivity index (χ4n) is 3.35. The first-order chi connectivity index (χ1) is 12.6. The molecule has 0 spiro atoms. The van der Waals surface area contributed by atoms with E-state index in [1.807, 2.05) is 12.1 Å². The number of hydroxylamine groups is 2. The van der Waals surface area contributed by atoms with Gasteiger partial charge in [0.15, 0.2) is 0 Å². The van der Waals surface area contributed by atoms with E-state index in [1.165, 1.54) is 31.4 Å². The minimum atomic E-state index is -0.732. The largest absolute Gasteiger partial charge is 0.372 e. The summed E-state index contributed by atoms with van der Waals surface area (Å²) in [5, 5.41) is 0.533. The summed E-state index contributed by atoms with van der Waals surface area (Å²) < 4.78 is 0. The number of carbonyl (C=O) groups is 3. The lowest BCUT2D eigenvalue weighted by Gasteiger charge is -2.28. The number of benzene rings is 2. The molecule has 2 amide bonds. The Morgan fingerprint density at radius 2 is 1.38 bits per heavy atom. The van der Waals surface area contributed by atoms with Gasteiger partial charge in [-0.3, -0.25) is 9.59 Å². The summed E-state index contributed by atoms with van der Waals surface area (Å²) in [6, 6.07) is 13.4. The number of nitrogens with zero attached hydrogens (tertiary/aromatic N) is 2. The van der Waals surface area contributed by atoms with Crippen molar-refractivity contribution in [3.8, 4) is 0 Å². The highest BCUT2D eigenvalue weighted by Gasteiger charge is 2.38. The van der Waals surface area contributed by atoms with Crippen molar-refractivity contribution in [1.29, 1.82) is 0 Å². The molecule has 2 aromatic carbocycles. The van der Waals surface area contributed by atoms with E-state index in [9.17, 15) is 14.4 Å². The van der Waals surface area contributed by atoms with Gasteiger partial charge in [0.2, 0.25) is 0 Å². The highest BCUT2D eigenvalue weighted by Crippen LogP contribution is 2.24. The van der Waals surface area contributed by atoms with Crippen LogP contribution in [-0.4, -0.2) is 35.9 Å². The molecular weight excluding hydrogens is 332 g/mol. The van der Waals surface area contributed by atoms with Gasteiger partial charge in [0.25, 0.3) is 11.8 Å². The number of hydrogen-bond acceptors (Lipinski definition) is 5. The summed E-state index contributed by atoms with van der Waals surface area (Å²) in [5.41, 5.74) is 1.83. The zero-order valence-electron chi connectivity index (χ0n) is 14.2. The van der Waals surface area contributed by atoms with Crippen LogP contribution in [0.25, 0.3) is 0 Å². The van der Waals surface area contributed by atoms with Crippen molar-refractivity contribution < 1.29 is 19.2 Å². The summed E-state index contributed by atoms with van der Waals surface area (Å²) in [6.45, 7) is 2.03. The first-order valence-electron chi connectivity index (χ1n) is 8.70. The molecule has 0 radical (unpaired) electrons. The second-order valence-electron chi connectivity index (χ2n) is 6.42. The average molecular weight is 350 g/mol. The number of carbonyl (C=O) groups excluding carboxylic acids is 3. The molecule has 26 heavy (non-hydrogen) atoms. The van der Waals surface area contributed by atoms with Crippen LogP contribution in [0.15, 0.2) is 48.5 Å². The van der Waals surface area contributed by atoms with Gasteiger partial charge in [-0.1, -0.05) is 17.2 Å². The highest BCUT2D eigenvalue weighted by atomic mass is 16.7. The monoisotopic (exact) mass is 350 g/mol. The molecule has 0 saturated carbocycles. The van der Waals surface area contributed by atoms with Crippen LogP contribution in [0.2, 0.25) is 0 Å². The predicted octanol–water partition coefficient (Wildman–Crippen LogP) is 3.04. The fraction of sp³-hybridized carbons (Fsp3) is 0.250. The maximum absolute atomic E-state index is 12.3. The average Bonchev–Trinajstić information content (AvgIpc) is 2.94. The van der Waals surface area contributed by atoms with E-state index >= 15 is 0 Å². The number of anilines is 1. The number of rotatable bonds is 3. The van der Waals surface area contributed by atoms with Gasteiger partial charge >= 0.3 is 5.97 Å². The maximum Gasteiger partial charge on any atom is 0.363 e. The Kier molecular flexibility index (Phi) is 4.16. The SMILES string of the molecule is O=C(ON1C(=O)c2ccccc2C1=O)c1ccc(N2CCCCC2)cc1. The zero-order chi connectivity index (χ0) is 18.1. The smallest absolute Gasteiger partial charge is 0.363 e. The molecule has 1 saturated heterocycles. The molecule has 1 fully saturated rings. The first-order valence-corrected chi connectivity index (χ1v) is 8.70. The van der Waals surface area contributed by atoms with Gasteiger partial charge < -0.3 is 9.74 Å². The third-order valence-electron chi connectivity index (χ3n) is 4.76. The van der Waals surface area contributed by atoms with Crippen molar-refractivity contribution in [2.75, 3.05) is 18.0 Å². The summed E-state index contributed by atoms with van der Waals surface area (Å²) in [7, 11) is 0. The van der Waals surface area contributed by atoms with Crippen LogP contribution in [0.4, 0.5) is 5.69 Å². The van der Waals surface area contributed by atoms with Gasteiger partial charge in [0.05, 0.1) is 16.7 Å². The van der Waals surface area contributed by atoms with Gasteiger partial charge in [0.1, 0.15) is 0 Å². The molecule has 0 unspecified atom stereocenters. The van der Waals surface area contributed by atoms with Gasteiger partial charge in [-0.25, -0.2) is 4.79 Å². The van der Waals surface area contributed by atoms with Crippen molar-refractivity contribution in [3.63, 3.8) is 0 Å². The normalized spacial score (nSPS) is 16.6. The summed E-state index contributed by atoms with van der Waals surface area (Å²) in [6.07, 6.45) is 3.59. The summed E-state index contributed by atoms with van der Waals surface area (Å²) in [5.74, 6) is -1.97. The van der Waals surface area contributed by atoms with Crippen LogP contribution in [0, 0.1) is 0 Å². The number of fused-ring (bicyclic) bond motifs is 1. The maximum atomic E-state index is 12.3. The lowest BCUT2D eigenvalue weighted by molar-refractivity contribution is -0.0584. The molecule has 2 heterocycles. The van der Waals surface area contributed by atoms with E-state index in [2.05, 4.69) is 4.90 Å². The molecule has 4 rings (SSSR count). The molecule has 2 aliphatic rings. The lowest BCUT2D eigenvalue weighted by atomic mass is 10.1. The van der Waals surface area contributed by atoms with Crippen LogP contribution in [0.1, 0.15) is 50.3 Å². The Balaban J connectivity index is 1.47. The third-order valence-corrected chi connectivity index (χ3v) is 4.76. The van der Waals surface area contributed by atoms with E-state index in [0.29, 0.717) is 10.6 Å². The fourth-order valence-corrected chi connectivity index (χ4v) is 3.35. The van der Waals surface area contributed by atoms with E-state index < -0.39 is 17.8 Å². The molecular formula is C20H18N2O4. The predicted molar refractivity (Wildman–Crippen MR) is 94.9 cm³/mol. The quantitative estimate of drug-likeness (QED) is 0.796. The van der Waals surface area contributed by atoms with E-state index in [-0.39, 0.29) is 11.1 Å². The van der Waals surface area contributed by atoms with E-state index in [0.717, 1.165) is 18.8 Å². The molecule has 0 aromatic heterocycles. The van der Waals surface area contributed by atoms with Gasteiger partial charge in [-0.05, 0) is 55.7 Å². The minimum Gasteiger partial charge on any atom is -0.372 e. The third kappa shape index (κ3) is 2.83. The van der Waals surface area contributed by atoms with Gasteiger partial charge in [-0.2, -0.15) is 0 Å². The summed E-state index contributed by atoms with van der Waals surface area (Å²) >= 11 is 0. The Morgan fingerprint density at radius 3 is 1.96 bits per heavy atom. The standard InChI is InChI=1S/C20H18N2O4/c23-18-16-6-2-3-7-17(16)19(24)22(18)26-20(25)14-8-10-15(11-9-14)21-12-4-1-5-13-21/h2-3,6-11H,1,4-5,12-13H2.